The van der Waals surface area contributed by atoms with Crippen molar-refractivity contribution >= 4 is 153 Å². The summed E-state index contributed by atoms with van der Waals surface area (Å²) in [6, 6.07) is 40.3. The van der Waals surface area contributed by atoms with Crippen LogP contribution in [0.1, 0.15) is 65.5 Å². The van der Waals surface area contributed by atoms with Crippen molar-refractivity contribution in [2.24, 2.45) is 0 Å². The first-order valence-electron chi connectivity index (χ1n) is 37.1. The Morgan fingerprint density at radius 1 is 0.402 bits per heavy atom. The largest absolute Gasteiger partial charge is 0.382 e. The molecule has 15 aromatic rings. The number of fused-ring (bicyclic) bond motifs is 3. The number of nitrogens with zero attached hydrogens (tertiary/aromatic N) is 17. The first-order valence-corrected chi connectivity index (χ1v) is 39.5. The van der Waals surface area contributed by atoms with E-state index in [4.69, 9.17) is 17.2 Å². The zero-order valence-electron chi connectivity index (χ0n) is 66.0. The van der Waals surface area contributed by atoms with Gasteiger partial charge in [-0.3, -0.25) is 68.2 Å². The van der Waals surface area contributed by atoms with Crippen LogP contribution in [0.4, 0.5) is 49.9 Å². The Morgan fingerprint density at radius 2 is 0.713 bits per heavy atom. The quantitative estimate of drug-likeness (QED) is 0.0362. The standard InChI is InChI=1S/C30H27N9O3S.C28H25N9O3S.C26H20N8O3S/c1-18-16-32-29(43-18)36-28(41)19-8-10-22(11-9-19)38-25-26(31)33-17-34-27(25)39(30(38)42)23-6-3-5-20(15-23)35-24(40)7-4-14-37(2)21-12-13-21;1-17-15-30-27(41-17)34-26(39)18-9-11-20(12-10-18)36-23-24(29)31-16-32-25(23)37(28(36)40)21-7-4-6-19(14-21)33-22(38)8-5-13-35(2)3;1-3-5-20(35)31-17-6-4-7-19(12-17)34-23-21(22(27)29-14-30-23)33(26(34)37)18-10-8-16(9-11-18)24(36)32-25-28-13-15(2)38-25/h3,5-6,8-11,15-17,21H,12-14H2,1-2H3,(H,35,40)(H2,31,33,34)(H,32,36,41);4,6-7,9-12,14-16H,13H2,1-3H3,(H,33,38)(H2,29,31,32)(H,30,34,39);4,6-14H,1-2H3,(H,31,35)(H2,27,29,30)(H,28,32,36). The highest BCUT2D eigenvalue weighted by atomic mass is 32.1. The number of amides is 6. The highest BCUT2D eigenvalue weighted by Crippen LogP contribution is 2.31. The Bertz CT molecular complexity index is 7020. The Labute approximate surface area is 705 Å². The molecule has 6 aromatic carbocycles. The van der Waals surface area contributed by atoms with Crippen LogP contribution in [0, 0.1) is 56.3 Å². The summed E-state index contributed by atoms with van der Waals surface area (Å²) in [6.07, 6.45) is 11.2. The molecule has 0 saturated heterocycles. The fourth-order valence-electron chi connectivity index (χ4n) is 12.5. The molecule has 35 nitrogen and oxygen atoms in total. The van der Waals surface area contributed by atoms with E-state index in [1.807, 2.05) is 46.8 Å². The van der Waals surface area contributed by atoms with Gasteiger partial charge in [0.1, 0.15) is 35.5 Å². The van der Waals surface area contributed by atoms with Gasteiger partial charge >= 0.3 is 17.1 Å². The van der Waals surface area contributed by atoms with Crippen LogP contribution in [-0.2, 0) is 14.4 Å². The van der Waals surface area contributed by atoms with Crippen LogP contribution in [0.15, 0.2) is 198 Å². The summed E-state index contributed by atoms with van der Waals surface area (Å²) in [5.41, 5.74) is 24.3. The van der Waals surface area contributed by atoms with Gasteiger partial charge in [0, 0.05) is 73.0 Å². The van der Waals surface area contributed by atoms with E-state index in [1.54, 1.807) is 171 Å². The van der Waals surface area contributed by atoms with Crippen LogP contribution in [-0.4, -0.2) is 158 Å². The van der Waals surface area contributed by atoms with Gasteiger partial charge in [0.05, 0.1) is 47.2 Å². The van der Waals surface area contributed by atoms with Crippen molar-refractivity contribution in [2.45, 2.75) is 46.6 Å². The lowest BCUT2D eigenvalue weighted by molar-refractivity contribution is -0.112. The third-order valence-electron chi connectivity index (χ3n) is 18.3. The highest BCUT2D eigenvalue weighted by Gasteiger charge is 2.27. The molecule has 16 rings (SSSR count). The average Bonchev–Trinajstić information content (AvgIpc) is 1.60. The van der Waals surface area contributed by atoms with E-state index in [2.05, 4.69) is 117 Å². The van der Waals surface area contributed by atoms with Gasteiger partial charge in [-0.05, 0) is 207 Å². The van der Waals surface area contributed by atoms with E-state index in [9.17, 15) is 43.2 Å². The van der Waals surface area contributed by atoms with Crippen molar-refractivity contribution in [3.05, 3.63) is 246 Å². The second kappa shape index (κ2) is 36.3. The van der Waals surface area contributed by atoms with Gasteiger partial charge < -0.3 is 33.2 Å². The van der Waals surface area contributed by atoms with Gasteiger partial charge in [0.25, 0.3) is 35.4 Å². The first-order chi connectivity index (χ1) is 58.8. The van der Waals surface area contributed by atoms with E-state index in [1.165, 1.54) is 93.2 Å². The van der Waals surface area contributed by atoms with Gasteiger partial charge in [-0.2, -0.15) is 0 Å². The molecule has 12 N–H and O–H groups in total. The predicted octanol–water partition coefficient (Wildman–Crippen LogP) is 9.01. The van der Waals surface area contributed by atoms with Gasteiger partial charge in [-0.1, -0.05) is 36.0 Å². The van der Waals surface area contributed by atoms with Crippen LogP contribution in [0.25, 0.3) is 67.6 Å². The number of nitrogen functional groups attached to an aromatic ring is 3. The highest BCUT2D eigenvalue weighted by molar-refractivity contribution is 7.16. The maximum Gasteiger partial charge on any atom is 0.339 e. The summed E-state index contributed by atoms with van der Waals surface area (Å²) in [4.78, 5) is 161. The zero-order chi connectivity index (χ0) is 86.0. The van der Waals surface area contributed by atoms with Crippen molar-refractivity contribution < 1.29 is 28.8 Å². The SMILES string of the molecule is CC#CC(=O)Nc1cccc(-n2c(=O)n(-c3ccc(C(=O)Nc4ncc(C)s4)cc3)c3c(N)ncnc32)c1.Cc1cnc(NC(=O)c2ccc(-n3c(=O)n(-c4cccc(NC(=O)C#CCN(C)C)c4)c4ncnc(N)c43)cc2)s1.Cc1cnc(NC(=O)c2ccc(-n3c(=O)n(-c4cccc(NC(=O)C#CCN(C)C5CC5)c4)c4ncnc(N)c43)cc2)s1. The van der Waals surface area contributed by atoms with Crippen molar-refractivity contribution in [1.82, 2.24) is 82.1 Å². The fourth-order valence-corrected chi connectivity index (χ4v) is 14.5. The smallest absolute Gasteiger partial charge is 0.339 e. The van der Waals surface area contributed by atoms with Gasteiger partial charge in [0.15, 0.2) is 49.8 Å². The molecule has 0 radical (unpaired) electrons. The molecule has 0 aliphatic heterocycles. The van der Waals surface area contributed by atoms with E-state index in [0.29, 0.717) is 119 Å². The summed E-state index contributed by atoms with van der Waals surface area (Å²) in [7, 11) is 5.71. The van der Waals surface area contributed by atoms with E-state index in [-0.39, 0.29) is 52.1 Å². The number of nitrogens with one attached hydrogen (secondary N) is 6. The molecule has 0 bridgehead atoms. The number of hydrogen-bond acceptors (Lipinski definition) is 26. The third-order valence-corrected chi connectivity index (χ3v) is 20.7. The molecule has 0 spiro atoms. The number of hydrogen-bond donors (Lipinski definition) is 9. The number of aryl methyl sites for hydroxylation is 3. The van der Waals surface area contributed by atoms with Crippen LogP contribution < -0.4 is 66.2 Å². The second-order valence-corrected chi connectivity index (χ2v) is 31.1. The summed E-state index contributed by atoms with van der Waals surface area (Å²) in [5.74, 6) is 13.8. The summed E-state index contributed by atoms with van der Waals surface area (Å²) in [5, 5.41) is 18.0. The normalized spacial score (nSPS) is 11.4. The van der Waals surface area contributed by atoms with E-state index < -0.39 is 34.8 Å². The maximum atomic E-state index is 13.9. The molecular formula is C84H72N26O9S3. The van der Waals surface area contributed by atoms with Crippen molar-refractivity contribution in [1.29, 1.82) is 0 Å². The van der Waals surface area contributed by atoms with Crippen LogP contribution in [0.3, 0.4) is 0 Å². The predicted molar refractivity (Wildman–Crippen MR) is 470 cm³/mol. The molecular weight excluding hydrogens is 1610 g/mol. The molecule has 1 aliphatic rings. The van der Waals surface area contributed by atoms with Crippen LogP contribution >= 0.6 is 34.0 Å². The van der Waals surface area contributed by atoms with E-state index >= 15 is 0 Å². The van der Waals surface area contributed by atoms with Gasteiger partial charge in [-0.15, -0.1) is 34.0 Å². The van der Waals surface area contributed by atoms with Crippen LogP contribution in [0.5, 0.6) is 0 Å². The molecule has 1 aliphatic carbocycles. The molecule has 0 unspecified atom stereocenters. The molecule has 610 valence electrons. The second-order valence-electron chi connectivity index (χ2n) is 27.4. The molecule has 38 heteroatoms. The molecule has 1 fully saturated rings. The fraction of sp³-hybridized carbons (Fsp3) is 0.143. The molecule has 1 saturated carbocycles. The number of nitrogens with two attached hydrogens (primary N) is 3. The number of rotatable bonds is 18. The number of carbonyl (C=O) groups excluding carboxylic acids is 6. The summed E-state index contributed by atoms with van der Waals surface area (Å²) < 4.78 is 8.30. The minimum Gasteiger partial charge on any atom is -0.382 e. The van der Waals surface area contributed by atoms with Gasteiger partial charge in [0.2, 0.25) is 0 Å². The maximum absolute atomic E-state index is 13.9. The molecule has 0 atom stereocenters. The summed E-state index contributed by atoms with van der Waals surface area (Å²) >= 11 is 4.13. The Kier molecular flexibility index (Phi) is 24.6. The topological polar surface area (TPSA) is 456 Å². The Balaban J connectivity index is 0.000000150. The van der Waals surface area contributed by atoms with Gasteiger partial charge in [-0.25, -0.2) is 72.9 Å². The lowest BCUT2D eigenvalue weighted by Crippen LogP contribution is -2.22. The first kappa shape index (κ1) is 82.6. The molecule has 9 heterocycles. The number of thiazole rings is 3. The number of carbonyl (C=O) groups is 6. The number of benzene rings is 6. The number of aromatic nitrogens is 15. The Morgan fingerprint density at radius 3 is 1.00 bits per heavy atom. The van der Waals surface area contributed by atoms with Crippen molar-refractivity contribution in [3.63, 3.8) is 0 Å². The molecule has 6 amide bonds. The Hall–Kier alpha value is -15.9. The number of anilines is 9. The van der Waals surface area contributed by atoms with Crippen molar-refractivity contribution in [3.8, 4) is 69.6 Å². The monoisotopic (exact) mass is 1680 g/mol. The molecule has 122 heavy (non-hydrogen) atoms. The lowest BCUT2D eigenvalue weighted by Gasteiger charge is -2.10. The van der Waals surface area contributed by atoms with Crippen molar-refractivity contribution in [2.75, 3.05) is 83.3 Å². The minimum atomic E-state index is -0.473. The zero-order valence-corrected chi connectivity index (χ0v) is 68.4. The minimum absolute atomic E-state index is 0.104. The average molecular weight is 1690 g/mol. The summed E-state index contributed by atoms with van der Waals surface area (Å²) in [6.45, 7) is 8.24. The van der Waals surface area contributed by atoms with Crippen LogP contribution in [0.2, 0.25) is 0 Å². The van der Waals surface area contributed by atoms with E-state index in [0.717, 1.165) is 14.6 Å². The number of imidazole rings is 3. The third kappa shape index (κ3) is 18.7. The lowest BCUT2D eigenvalue weighted by atomic mass is 10.2. The molecule has 9 aromatic heterocycles.